The minimum Gasteiger partial charge on any atom is -0.507 e. The van der Waals surface area contributed by atoms with Crippen LogP contribution in [0, 0.1) is 0 Å². The van der Waals surface area contributed by atoms with Gasteiger partial charge in [-0.05, 0) is 31.2 Å². The number of rotatable bonds is 4. The summed E-state index contributed by atoms with van der Waals surface area (Å²) in [6.45, 7) is 2.24. The van der Waals surface area contributed by atoms with Gasteiger partial charge in [-0.1, -0.05) is 0 Å². The average Bonchev–Trinajstić information content (AvgIpc) is 2.94. The third-order valence-electron chi connectivity index (χ3n) is 3.46. The minimum absolute atomic E-state index is 0.0590. The highest BCUT2D eigenvalue weighted by Crippen LogP contribution is 2.36. The van der Waals surface area contributed by atoms with Crippen molar-refractivity contribution in [2.24, 2.45) is 0 Å². The zero-order chi connectivity index (χ0) is 14.8. The van der Waals surface area contributed by atoms with Crippen LogP contribution < -0.4 is 19.5 Å². The van der Waals surface area contributed by atoms with E-state index in [1.54, 1.807) is 13.2 Å². The van der Waals surface area contributed by atoms with Gasteiger partial charge in [-0.25, -0.2) is 0 Å². The first kappa shape index (κ1) is 13.4. The van der Waals surface area contributed by atoms with Crippen LogP contribution in [0.3, 0.4) is 0 Å². The van der Waals surface area contributed by atoms with Crippen LogP contribution in [0.1, 0.15) is 18.5 Å². The highest BCUT2D eigenvalue weighted by atomic mass is 16.7. The lowest BCUT2D eigenvalue weighted by Crippen LogP contribution is -2.06. The van der Waals surface area contributed by atoms with E-state index in [4.69, 9.17) is 14.2 Å². The van der Waals surface area contributed by atoms with Crippen molar-refractivity contribution in [2.45, 2.75) is 13.0 Å². The second kappa shape index (κ2) is 5.44. The van der Waals surface area contributed by atoms with Gasteiger partial charge in [0.15, 0.2) is 11.5 Å². The van der Waals surface area contributed by atoms with E-state index in [0.29, 0.717) is 5.75 Å². The molecule has 1 aliphatic rings. The molecule has 0 bridgehead atoms. The van der Waals surface area contributed by atoms with Crippen molar-refractivity contribution < 1.29 is 19.3 Å². The fraction of sp³-hybridized carbons (Fsp3) is 0.250. The van der Waals surface area contributed by atoms with Gasteiger partial charge in [0.05, 0.1) is 13.2 Å². The van der Waals surface area contributed by atoms with Crippen molar-refractivity contribution in [1.29, 1.82) is 0 Å². The van der Waals surface area contributed by atoms with Gasteiger partial charge in [-0.15, -0.1) is 0 Å². The molecule has 0 amide bonds. The Bertz CT molecular complexity index is 657. The summed E-state index contributed by atoms with van der Waals surface area (Å²) in [7, 11) is 1.57. The van der Waals surface area contributed by atoms with Gasteiger partial charge in [-0.3, -0.25) is 0 Å². The van der Waals surface area contributed by atoms with Crippen molar-refractivity contribution in [2.75, 3.05) is 19.2 Å². The normalized spacial score (nSPS) is 13.8. The summed E-state index contributed by atoms with van der Waals surface area (Å²) in [5.41, 5.74) is 1.70. The van der Waals surface area contributed by atoms with Crippen LogP contribution in [0.4, 0.5) is 5.69 Å². The molecular weight excluding hydrogens is 270 g/mol. The first-order valence-electron chi connectivity index (χ1n) is 6.70. The number of ether oxygens (including phenoxy) is 3. The molecule has 2 aromatic rings. The maximum atomic E-state index is 10.1. The Labute approximate surface area is 123 Å². The van der Waals surface area contributed by atoms with Crippen molar-refractivity contribution in [3.05, 3.63) is 42.0 Å². The number of phenolic OH excluding ortho intramolecular Hbond substituents is 1. The maximum absolute atomic E-state index is 10.1. The summed E-state index contributed by atoms with van der Waals surface area (Å²) in [6.07, 6.45) is 0. The molecule has 3 rings (SSSR count). The Morgan fingerprint density at radius 3 is 2.71 bits per heavy atom. The van der Waals surface area contributed by atoms with E-state index in [9.17, 15) is 5.11 Å². The van der Waals surface area contributed by atoms with Gasteiger partial charge >= 0.3 is 0 Å². The summed E-state index contributed by atoms with van der Waals surface area (Å²) in [4.78, 5) is 0. The monoisotopic (exact) mass is 287 g/mol. The average molecular weight is 287 g/mol. The number of nitrogens with one attached hydrogen (secondary N) is 1. The fourth-order valence-electron chi connectivity index (χ4n) is 2.33. The molecule has 21 heavy (non-hydrogen) atoms. The lowest BCUT2D eigenvalue weighted by atomic mass is 10.1. The van der Waals surface area contributed by atoms with Gasteiger partial charge in [0, 0.05) is 23.4 Å². The molecule has 0 aliphatic carbocycles. The highest BCUT2D eigenvalue weighted by Gasteiger charge is 2.15. The second-order valence-corrected chi connectivity index (χ2v) is 4.86. The van der Waals surface area contributed by atoms with Crippen LogP contribution in [0.25, 0.3) is 0 Å². The van der Waals surface area contributed by atoms with Crippen molar-refractivity contribution in [3.63, 3.8) is 0 Å². The van der Waals surface area contributed by atoms with E-state index in [2.05, 4.69) is 5.32 Å². The van der Waals surface area contributed by atoms with Crippen molar-refractivity contribution >= 4 is 5.69 Å². The van der Waals surface area contributed by atoms with Gasteiger partial charge in [0.2, 0.25) is 6.79 Å². The Kier molecular flexibility index (Phi) is 3.48. The molecule has 1 aliphatic heterocycles. The molecule has 1 unspecified atom stereocenters. The zero-order valence-electron chi connectivity index (χ0n) is 11.9. The summed E-state index contributed by atoms with van der Waals surface area (Å²) in [5.74, 6) is 2.31. The predicted octanol–water partition coefficient (Wildman–Crippen LogP) is 3.30. The number of phenols is 1. The molecule has 1 atom stereocenters. The van der Waals surface area contributed by atoms with Crippen LogP contribution in [-0.4, -0.2) is 19.0 Å². The standard InChI is InChI=1S/C16H17NO4/c1-10(13-5-4-12(19-2)8-14(13)18)17-11-3-6-15-16(7-11)21-9-20-15/h3-8,10,17-18H,9H2,1-2H3. The van der Waals surface area contributed by atoms with E-state index in [0.717, 1.165) is 22.7 Å². The molecule has 0 saturated carbocycles. The number of fused-ring (bicyclic) bond motifs is 1. The Balaban J connectivity index is 1.78. The Morgan fingerprint density at radius 2 is 1.95 bits per heavy atom. The molecule has 0 spiro atoms. The fourth-order valence-corrected chi connectivity index (χ4v) is 2.33. The third kappa shape index (κ3) is 2.67. The molecule has 1 heterocycles. The molecule has 110 valence electrons. The van der Waals surface area contributed by atoms with Crippen molar-refractivity contribution in [3.8, 4) is 23.0 Å². The van der Waals surface area contributed by atoms with Crippen LogP contribution in [0.15, 0.2) is 36.4 Å². The molecule has 2 N–H and O–H groups in total. The van der Waals surface area contributed by atoms with Crippen LogP contribution >= 0.6 is 0 Å². The van der Waals surface area contributed by atoms with Gasteiger partial charge in [0.25, 0.3) is 0 Å². The molecule has 5 heteroatoms. The number of anilines is 1. The summed E-state index contributed by atoms with van der Waals surface area (Å²) >= 11 is 0. The predicted molar refractivity (Wildman–Crippen MR) is 79.3 cm³/mol. The summed E-state index contributed by atoms with van der Waals surface area (Å²) in [5, 5.41) is 13.4. The number of hydrogen-bond donors (Lipinski definition) is 2. The highest BCUT2D eigenvalue weighted by molar-refractivity contribution is 5.57. The molecule has 0 fully saturated rings. The largest absolute Gasteiger partial charge is 0.507 e. The second-order valence-electron chi connectivity index (χ2n) is 4.86. The van der Waals surface area contributed by atoms with Gasteiger partial charge in [0.1, 0.15) is 11.5 Å². The maximum Gasteiger partial charge on any atom is 0.231 e. The SMILES string of the molecule is COc1ccc(C(C)Nc2ccc3c(c2)OCO3)c(O)c1. The van der Waals surface area contributed by atoms with E-state index in [1.165, 1.54) is 0 Å². The first-order chi connectivity index (χ1) is 10.2. The number of hydrogen-bond acceptors (Lipinski definition) is 5. The third-order valence-corrected chi connectivity index (χ3v) is 3.46. The summed E-state index contributed by atoms with van der Waals surface area (Å²) in [6, 6.07) is 10.9. The van der Waals surface area contributed by atoms with Gasteiger partial charge in [-0.2, -0.15) is 0 Å². The van der Waals surface area contributed by atoms with E-state index in [-0.39, 0.29) is 18.6 Å². The Hall–Kier alpha value is -2.56. The van der Waals surface area contributed by atoms with E-state index < -0.39 is 0 Å². The zero-order valence-corrected chi connectivity index (χ0v) is 11.9. The molecule has 2 aromatic carbocycles. The van der Waals surface area contributed by atoms with E-state index in [1.807, 2.05) is 37.3 Å². The first-order valence-corrected chi connectivity index (χ1v) is 6.70. The smallest absolute Gasteiger partial charge is 0.231 e. The molecule has 0 aromatic heterocycles. The minimum atomic E-state index is -0.0590. The molecular formula is C16H17NO4. The molecule has 5 nitrogen and oxygen atoms in total. The lowest BCUT2D eigenvalue weighted by Gasteiger charge is -2.17. The number of methoxy groups -OCH3 is 1. The van der Waals surface area contributed by atoms with E-state index >= 15 is 0 Å². The van der Waals surface area contributed by atoms with Gasteiger partial charge < -0.3 is 24.6 Å². The van der Waals surface area contributed by atoms with Crippen molar-refractivity contribution in [1.82, 2.24) is 0 Å². The number of aromatic hydroxyl groups is 1. The molecule has 0 radical (unpaired) electrons. The Morgan fingerprint density at radius 1 is 1.14 bits per heavy atom. The van der Waals surface area contributed by atoms with Crippen LogP contribution in [0.5, 0.6) is 23.0 Å². The number of benzene rings is 2. The topological polar surface area (TPSA) is 60.0 Å². The molecule has 0 saturated heterocycles. The van der Waals surface area contributed by atoms with Crippen LogP contribution in [0.2, 0.25) is 0 Å². The quantitative estimate of drug-likeness (QED) is 0.903. The van der Waals surface area contributed by atoms with Crippen LogP contribution in [-0.2, 0) is 0 Å². The lowest BCUT2D eigenvalue weighted by molar-refractivity contribution is 0.174. The summed E-state index contributed by atoms with van der Waals surface area (Å²) < 4.78 is 15.7.